The zero-order valence-electron chi connectivity index (χ0n) is 17.8. The molecule has 0 aliphatic rings. The summed E-state index contributed by atoms with van der Waals surface area (Å²) in [4.78, 5) is 14.1. The zero-order chi connectivity index (χ0) is 22.1. The maximum Gasteiger partial charge on any atom is 0.234 e. The van der Waals surface area contributed by atoms with Crippen LogP contribution in [0.25, 0.3) is 0 Å². The molecule has 162 valence electrons. The molecule has 0 aromatic heterocycles. The molecule has 3 aromatic rings. The van der Waals surface area contributed by atoms with Gasteiger partial charge in [-0.3, -0.25) is 9.69 Å². The van der Waals surface area contributed by atoms with Crippen molar-refractivity contribution in [3.05, 3.63) is 95.3 Å². The Morgan fingerprint density at radius 2 is 1.71 bits per heavy atom. The van der Waals surface area contributed by atoms with Crippen LogP contribution in [-0.4, -0.2) is 31.5 Å². The highest BCUT2D eigenvalue weighted by atomic mass is 19.1. The standard InChI is InChI=1S/C25H27FN2O3/c1-28(17-25(29)27-15-21-10-6-7-11-22(21)26)16-20-12-13-23(24(14-20)30-2)31-18-19-8-4-3-5-9-19/h3-14H,15-18H2,1-2H3,(H,27,29). The van der Waals surface area contributed by atoms with E-state index in [4.69, 9.17) is 9.47 Å². The van der Waals surface area contributed by atoms with Crippen LogP contribution in [0.4, 0.5) is 4.39 Å². The van der Waals surface area contributed by atoms with E-state index in [0.29, 0.717) is 30.2 Å². The topological polar surface area (TPSA) is 50.8 Å². The number of likely N-dealkylation sites (N-methyl/N-ethyl adjacent to an activating group) is 1. The number of methoxy groups -OCH3 is 1. The predicted octanol–water partition coefficient (Wildman–Crippen LogP) is 4.16. The number of carbonyl (C=O) groups excluding carboxylic acids is 1. The van der Waals surface area contributed by atoms with Crippen molar-refractivity contribution in [1.82, 2.24) is 10.2 Å². The van der Waals surface area contributed by atoms with Gasteiger partial charge in [0.15, 0.2) is 11.5 Å². The third-order valence-electron chi connectivity index (χ3n) is 4.77. The Balaban J connectivity index is 1.51. The molecular weight excluding hydrogens is 395 g/mol. The highest BCUT2D eigenvalue weighted by molar-refractivity contribution is 5.78. The molecule has 0 aliphatic carbocycles. The fourth-order valence-electron chi connectivity index (χ4n) is 3.17. The number of carbonyl (C=O) groups is 1. The number of ether oxygens (including phenoxy) is 2. The van der Waals surface area contributed by atoms with Crippen molar-refractivity contribution in [2.75, 3.05) is 20.7 Å². The molecular formula is C25H27FN2O3. The van der Waals surface area contributed by atoms with E-state index in [1.807, 2.05) is 60.5 Å². The average Bonchev–Trinajstić information content (AvgIpc) is 2.78. The number of halogens is 1. The van der Waals surface area contributed by atoms with Crippen LogP contribution in [0.5, 0.6) is 11.5 Å². The third-order valence-corrected chi connectivity index (χ3v) is 4.77. The summed E-state index contributed by atoms with van der Waals surface area (Å²) in [7, 11) is 3.46. The van der Waals surface area contributed by atoms with Gasteiger partial charge in [-0.15, -0.1) is 0 Å². The Morgan fingerprint density at radius 1 is 0.968 bits per heavy atom. The SMILES string of the molecule is COc1cc(CN(C)CC(=O)NCc2ccccc2F)ccc1OCc1ccccc1. The fraction of sp³-hybridized carbons (Fsp3) is 0.240. The van der Waals surface area contributed by atoms with Gasteiger partial charge < -0.3 is 14.8 Å². The summed E-state index contributed by atoms with van der Waals surface area (Å²) in [5.41, 5.74) is 2.54. The van der Waals surface area contributed by atoms with Crippen molar-refractivity contribution in [3.63, 3.8) is 0 Å². The van der Waals surface area contributed by atoms with E-state index >= 15 is 0 Å². The quantitative estimate of drug-likeness (QED) is 0.533. The van der Waals surface area contributed by atoms with Crippen molar-refractivity contribution in [2.24, 2.45) is 0 Å². The van der Waals surface area contributed by atoms with Crippen LogP contribution >= 0.6 is 0 Å². The van der Waals surface area contributed by atoms with Gasteiger partial charge in [0.05, 0.1) is 13.7 Å². The van der Waals surface area contributed by atoms with Crippen molar-refractivity contribution in [3.8, 4) is 11.5 Å². The van der Waals surface area contributed by atoms with E-state index in [9.17, 15) is 9.18 Å². The molecule has 0 bridgehead atoms. The number of amides is 1. The minimum Gasteiger partial charge on any atom is -0.493 e. The van der Waals surface area contributed by atoms with Gasteiger partial charge in [0.2, 0.25) is 5.91 Å². The zero-order valence-corrected chi connectivity index (χ0v) is 17.8. The summed E-state index contributed by atoms with van der Waals surface area (Å²) in [6, 6.07) is 22.1. The number of benzene rings is 3. The van der Waals surface area contributed by atoms with Gasteiger partial charge in [-0.25, -0.2) is 4.39 Å². The van der Waals surface area contributed by atoms with E-state index < -0.39 is 0 Å². The van der Waals surface area contributed by atoms with Gasteiger partial charge in [0, 0.05) is 18.7 Å². The fourth-order valence-corrected chi connectivity index (χ4v) is 3.17. The van der Waals surface area contributed by atoms with Crippen LogP contribution in [-0.2, 0) is 24.5 Å². The van der Waals surface area contributed by atoms with Crippen LogP contribution in [0, 0.1) is 5.82 Å². The molecule has 0 saturated carbocycles. The van der Waals surface area contributed by atoms with Crippen LogP contribution in [0.3, 0.4) is 0 Å². The largest absolute Gasteiger partial charge is 0.493 e. The first kappa shape index (κ1) is 22.3. The molecule has 0 spiro atoms. The van der Waals surface area contributed by atoms with Gasteiger partial charge in [0.25, 0.3) is 0 Å². The van der Waals surface area contributed by atoms with Gasteiger partial charge in [-0.2, -0.15) is 0 Å². The minimum atomic E-state index is -0.321. The van der Waals surface area contributed by atoms with Crippen LogP contribution in [0.15, 0.2) is 72.8 Å². The normalized spacial score (nSPS) is 10.7. The molecule has 3 aromatic carbocycles. The first-order valence-corrected chi connectivity index (χ1v) is 10.1. The molecule has 0 heterocycles. The predicted molar refractivity (Wildman–Crippen MR) is 118 cm³/mol. The molecule has 0 atom stereocenters. The molecule has 0 fully saturated rings. The van der Waals surface area contributed by atoms with Crippen LogP contribution < -0.4 is 14.8 Å². The average molecular weight is 423 g/mol. The minimum absolute atomic E-state index is 0.166. The second kappa shape index (κ2) is 11.1. The highest BCUT2D eigenvalue weighted by Crippen LogP contribution is 2.29. The lowest BCUT2D eigenvalue weighted by Gasteiger charge is -2.18. The molecule has 31 heavy (non-hydrogen) atoms. The Kier molecular flexibility index (Phi) is 8.01. The Labute approximate surface area is 182 Å². The molecule has 0 aliphatic heterocycles. The van der Waals surface area contributed by atoms with E-state index in [1.165, 1.54) is 6.07 Å². The number of nitrogens with zero attached hydrogens (tertiary/aromatic N) is 1. The van der Waals surface area contributed by atoms with Gasteiger partial charge in [0.1, 0.15) is 12.4 Å². The van der Waals surface area contributed by atoms with Crippen LogP contribution in [0.1, 0.15) is 16.7 Å². The van der Waals surface area contributed by atoms with Crippen molar-refractivity contribution >= 4 is 5.91 Å². The molecule has 1 N–H and O–H groups in total. The maximum atomic E-state index is 13.7. The Hall–Kier alpha value is -3.38. The molecule has 0 saturated heterocycles. The monoisotopic (exact) mass is 422 g/mol. The summed E-state index contributed by atoms with van der Waals surface area (Å²) in [5.74, 6) is 0.824. The first-order valence-electron chi connectivity index (χ1n) is 10.1. The summed E-state index contributed by atoms with van der Waals surface area (Å²) < 4.78 is 25.0. The highest BCUT2D eigenvalue weighted by Gasteiger charge is 2.11. The maximum absolute atomic E-state index is 13.7. The van der Waals surface area contributed by atoms with E-state index in [2.05, 4.69) is 5.32 Å². The number of hydrogen-bond donors (Lipinski definition) is 1. The molecule has 0 unspecified atom stereocenters. The summed E-state index contributed by atoms with van der Waals surface area (Å²) >= 11 is 0. The lowest BCUT2D eigenvalue weighted by Crippen LogP contribution is -2.34. The first-order chi connectivity index (χ1) is 15.0. The number of nitrogens with one attached hydrogen (secondary N) is 1. The summed E-state index contributed by atoms with van der Waals surface area (Å²) in [6.07, 6.45) is 0. The molecule has 1 amide bonds. The molecule has 3 rings (SSSR count). The van der Waals surface area contributed by atoms with Crippen molar-refractivity contribution in [1.29, 1.82) is 0 Å². The summed E-state index contributed by atoms with van der Waals surface area (Å²) in [5, 5.41) is 2.76. The van der Waals surface area contributed by atoms with Gasteiger partial charge >= 0.3 is 0 Å². The lowest BCUT2D eigenvalue weighted by molar-refractivity contribution is -0.122. The van der Waals surface area contributed by atoms with Gasteiger partial charge in [-0.05, 0) is 36.4 Å². The van der Waals surface area contributed by atoms with Gasteiger partial charge in [-0.1, -0.05) is 54.6 Å². The Morgan fingerprint density at radius 3 is 2.45 bits per heavy atom. The lowest BCUT2D eigenvalue weighted by atomic mass is 10.2. The van der Waals surface area contributed by atoms with Crippen LogP contribution in [0.2, 0.25) is 0 Å². The number of rotatable bonds is 10. The molecule has 5 nitrogen and oxygen atoms in total. The molecule has 0 radical (unpaired) electrons. The van der Waals surface area contributed by atoms with E-state index in [-0.39, 0.29) is 24.8 Å². The molecule has 6 heteroatoms. The van der Waals surface area contributed by atoms with E-state index in [1.54, 1.807) is 25.3 Å². The van der Waals surface area contributed by atoms with E-state index in [0.717, 1.165) is 11.1 Å². The Bertz CT molecular complexity index is 995. The second-order valence-corrected chi connectivity index (χ2v) is 7.30. The third kappa shape index (κ3) is 6.83. The smallest absolute Gasteiger partial charge is 0.234 e. The van der Waals surface area contributed by atoms with Crippen molar-refractivity contribution < 1.29 is 18.7 Å². The summed E-state index contributed by atoms with van der Waals surface area (Å²) in [6.45, 7) is 1.38. The van der Waals surface area contributed by atoms with Crippen molar-refractivity contribution in [2.45, 2.75) is 19.7 Å². The number of hydrogen-bond acceptors (Lipinski definition) is 4. The second-order valence-electron chi connectivity index (χ2n) is 7.30.